The van der Waals surface area contributed by atoms with Crippen molar-refractivity contribution in [2.75, 3.05) is 9.71 Å². The summed E-state index contributed by atoms with van der Waals surface area (Å²) in [6, 6.07) is 76.0. The van der Waals surface area contributed by atoms with Gasteiger partial charge in [0.2, 0.25) is 0 Å². The molecule has 60 heavy (non-hydrogen) atoms. The molecule has 2 aliphatic heterocycles. The number of nitrogens with zero attached hydrogens (tertiary/aromatic N) is 4. The average molecular weight is 765 g/mol. The molecule has 0 unspecified atom stereocenters. The average Bonchev–Trinajstić information content (AvgIpc) is 3.83. The molecule has 4 heterocycles. The molecule has 9 aromatic carbocycles. The van der Waals surface area contributed by atoms with Crippen LogP contribution in [0.15, 0.2) is 206 Å². The van der Waals surface area contributed by atoms with Crippen molar-refractivity contribution in [3.63, 3.8) is 0 Å². The smallest absolute Gasteiger partial charge is 0.333 e. The summed E-state index contributed by atoms with van der Waals surface area (Å²) < 4.78 is 5.02. The van der Waals surface area contributed by atoms with Crippen LogP contribution in [-0.4, -0.2) is 16.0 Å². The first-order valence-corrected chi connectivity index (χ1v) is 20.8. The Balaban J connectivity index is 1.25. The number of hydrogen-bond acceptors (Lipinski definition) is 2. The Hall–Kier alpha value is -7.76. The molecule has 11 aromatic rings. The van der Waals surface area contributed by atoms with Crippen LogP contribution in [0.25, 0.3) is 66.1 Å². The van der Waals surface area contributed by atoms with Gasteiger partial charge in [-0.1, -0.05) is 127 Å². The van der Waals surface area contributed by atoms with E-state index < -0.39 is 0 Å². The molecule has 2 aromatic heterocycles. The van der Waals surface area contributed by atoms with Gasteiger partial charge in [-0.3, -0.25) is 0 Å². The van der Waals surface area contributed by atoms with E-state index in [4.69, 9.17) is 0 Å². The highest BCUT2D eigenvalue weighted by atomic mass is 15.2. The van der Waals surface area contributed by atoms with Gasteiger partial charge < -0.3 is 18.8 Å². The molecule has 13 rings (SSSR count). The second kappa shape index (κ2) is 12.6. The Kier molecular flexibility index (Phi) is 6.99. The topological polar surface area (TPSA) is 16.3 Å². The number of aromatic nitrogens is 2. The van der Waals surface area contributed by atoms with Crippen molar-refractivity contribution in [1.82, 2.24) is 9.13 Å². The van der Waals surface area contributed by atoms with Gasteiger partial charge in [-0.25, -0.2) is 0 Å². The van der Waals surface area contributed by atoms with E-state index in [0.717, 1.165) is 22.7 Å². The molecule has 4 nitrogen and oxygen atoms in total. The van der Waals surface area contributed by atoms with Crippen molar-refractivity contribution in [3.8, 4) is 22.5 Å². The molecule has 0 saturated heterocycles. The van der Waals surface area contributed by atoms with Gasteiger partial charge in [-0.05, 0) is 108 Å². The van der Waals surface area contributed by atoms with E-state index in [1.54, 1.807) is 0 Å². The Labute approximate surface area is 348 Å². The zero-order valence-corrected chi connectivity index (χ0v) is 33.0. The molecule has 0 radical (unpaired) electrons. The summed E-state index contributed by atoms with van der Waals surface area (Å²) in [7, 11) is 0. The minimum atomic E-state index is -0.0833. The van der Waals surface area contributed by atoms with Gasteiger partial charge >= 0.3 is 6.85 Å². The van der Waals surface area contributed by atoms with Crippen molar-refractivity contribution in [2.24, 2.45) is 0 Å². The molecule has 0 amide bonds. The lowest BCUT2D eigenvalue weighted by Gasteiger charge is -2.43. The fourth-order valence-electron chi connectivity index (χ4n) is 10.6. The number of benzene rings is 9. The second-order valence-electron chi connectivity index (χ2n) is 16.1. The molecular formula is C55H37BN4. The number of anilines is 5. The van der Waals surface area contributed by atoms with Crippen molar-refractivity contribution in [1.29, 1.82) is 0 Å². The van der Waals surface area contributed by atoms with E-state index in [1.165, 1.54) is 88.3 Å². The standard InChI is InChI=1S/C55H37BN4/c1-36-18-11-14-29-46(36)60-50-33-32-49-52(43-26-13-16-31-48(43)58(49)39-23-9-4-10-24-39)53(50)44-34-40(57(37-19-5-2-6-20-37)38-21-7-3-8-22-38)35-51-54(44)56(60)45-28-17-27-42-41-25-12-15-30-47(41)59(51)55(42)45/h2-35H,1H3. The van der Waals surface area contributed by atoms with Gasteiger partial charge in [0.05, 0.1) is 22.1 Å². The van der Waals surface area contributed by atoms with Crippen LogP contribution in [0.3, 0.4) is 0 Å². The summed E-state index contributed by atoms with van der Waals surface area (Å²) in [6.45, 7) is 2.17. The van der Waals surface area contributed by atoms with E-state index in [-0.39, 0.29) is 6.85 Å². The maximum atomic E-state index is 2.66. The number of para-hydroxylation sites is 7. The third-order valence-corrected chi connectivity index (χ3v) is 13.0. The Morgan fingerprint density at radius 3 is 1.78 bits per heavy atom. The Morgan fingerprint density at radius 1 is 0.433 bits per heavy atom. The minimum absolute atomic E-state index is 0.0833. The lowest BCUT2D eigenvalue weighted by Crippen LogP contribution is -2.60. The fraction of sp³-hybridized carbons (Fsp3) is 0.0182. The lowest BCUT2D eigenvalue weighted by molar-refractivity contribution is 1.17. The lowest BCUT2D eigenvalue weighted by atomic mass is 9.43. The summed E-state index contributed by atoms with van der Waals surface area (Å²) in [4.78, 5) is 5.09. The first-order chi connectivity index (χ1) is 29.7. The number of fused-ring (bicyclic) bond motifs is 11. The van der Waals surface area contributed by atoms with Crippen LogP contribution >= 0.6 is 0 Å². The van der Waals surface area contributed by atoms with Crippen LogP contribution in [0.4, 0.5) is 28.4 Å². The van der Waals surface area contributed by atoms with Gasteiger partial charge in [0, 0.05) is 66.9 Å². The highest BCUT2D eigenvalue weighted by Crippen LogP contribution is 2.51. The van der Waals surface area contributed by atoms with Crippen LogP contribution < -0.4 is 20.6 Å². The summed E-state index contributed by atoms with van der Waals surface area (Å²) in [5.41, 5.74) is 19.4. The molecule has 0 saturated carbocycles. The quantitative estimate of drug-likeness (QED) is 0.162. The third-order valence-electron chi connectivity index (χ3n) is 13.0. The maximum absolute atomic E-state index is 2.66. The maximum Gasteiger partial charge on any atom is 0.333 e. The molecule has 0 spiro atoms. The summed E-state index contributed by atoms with van der Waals surface area (Å²) in [6.07, 6.45) is 0. The molecule has 0 atom stereocenters. The fourth-order valence-corrected chi connectivity index (χ4v) is 10.6. The highest BCUT2D eigenvalue weighted by Gasteiger charge is 2.45. The van der Waals surface area contributed by atoms with E-state index in [9.17, 15) is 0 Å². The van der Waals surface area contributed by atoms with Gasteiger partial charge in [0.1, 0.15) is 0 Å². The number of aryl methyl sites for hydroxylation is 1. The molecule has 280 valence electrons. The van der Waals surface area contributed by atoms with Crippen LogP contribution in [0, 0.1) is 6.92 Å². The zero-order chi connectivity index (χ0) is 39.5. The SMILES string of the molecule is Cc1ccccc1N1B2c3c(cc(N(c4ccccc4)c4ccccc4)cc3-n3c4ccccc4c4cccc2c43)-c2c1ccc1c2c2ccccc2n1-c1ccccc1. The molecule has 0 fully saturated rings. The summed E-state index contributed by atoms with van der Waals surface area (Å²) in [5.74, 6) is 0. The van der Waals surface area contributed by atoms with Crippen molar-refractivity contribution in [2.45, 2.75) is 6.92 Å². The van der Waals surface area contributed by atoms with Crippen LogP contribution in [0.2, 0.25) is 0 Å². The highest BCUT2D eigenvalue weighted by molar-refractivity contribution is 6.93. The van der Waals surface area contributed by atoms with E-state index in [0.29, 0.717) is 0 Å². The second-order valence-corrected chi connectivity index (χ2v) is 16.1. The first kappa shape index (κ1) is 33.2. The molecule has 0 bridgehead atoms. The van der Waals surface area contributed by atoms with Gasteiger partial charge in [-0.15, -0.1) is 0 Å². The molecular weight excluding hydrogens is 727 g/mol. The Bertz CT molecular complexity index is 3480. The molecule has 0 aliphatic carbocycles. The third kappa shape index (κ3) is 4.52. The Morgan fingerprint density at radius 2 is 1.05 bits per heavy atom. The zero-order valence-electron chi connectivity index (χ0n) is 33.0. The van der Waals surface area contributed by atoms with Crippen LogP contribution in [0.5, 0.6) is 0 Å². The number of hydrogen-bond donors (Lipinski definition) is 0. The molecule has 5 heteroatoms. The van der Waals surface area contributed by atoms with Gasteiger partial charge in [-0.2, -0.15) is 0 Å². The largest absolute Gasteiger partial charge is 0.376 e. The monoisotopic (exact) mass is 764 g/mol. The van der Waals surface area contributed by atoms with E-state index in [2.05, 4.69) is 232 Å². The molecule has 2 aliphatic rings. The van der Waals surface area contributed by atoms with Gasteiger partial charge in [0.25, 0.3) is 0 Å². The summed E-state index contributed by atoms with van der Waals surface area (Å²) in [5, 5.41) is 5.04. The van der Waals surface area contributed by atoms with Crippen LogP contribution in [-0.2, 0) is 0 Å². The molecule has 0 N–H and O–H groups in total. The number of rotatable bonds is 5. The van der Waals surface area contributed by atoms with Crippen molar-refractivity contribution >= 4 is 89.8 Å². The minimum Gasteiger partial charge on any atom is -0.376 e. The van der Waals surface area contributed by atoms with Crippen LogP contribution in [0.1, 0.15) is 5.56 Å². The van der Waals surface area contributed by atoms with E-state index >= 15 is 0 Å². The summed E-state index contributed by atoms with van der Waals surface area (Å²) >= 11 is 0. The van der Waals surface area contributed by atoms with Crippen molar-refractivity contribution < 1.29 is 0 Å². The van der Waals surface area contributed by atoms with Gasteiger partial charge in [0.15, 0.2) is 0 Å². The van der Waals surface area contributed by atoms with E-state index in [1.807, 2.05) is 0 Å². The normalized spacial score (nSPS) is 12.7. The van der Waals surface area contributed by atoms with Crippen molar-refractivity contribution in [3.05, 3.63) is 212 Å². The first-order valence-electron chi connectivity index (χ1n) is 20.8. The predicted octanol–water partition coefficient (Wildman–Crippen LogP) is 12.9. The predicted molar refractivity (Wildman–Crippen MR) is 254 cm³/mol.